The van der Waals surface area contributed by atoms with Gasteiger partial charge in [0.25, 0.3) is 0 Å². The van der Waals surface area contributed by atoms with Crippen LogP contribution in [0.1, 0.15) is 65.7 Å². The summed E-state index contributed by atoms with van der Waals surface area (Å²) in [5, 5.41) is 8.83. The highest BCUT2D eigenvalue weighted by molar-refractivity contribution is 5.69. The summed E-state index contributed by atoms with van der Waals surface area (Å²) in [6, 6.07) is 0. The summed E-state index contributed by atoms with van der Waals surface area (Å²) in [4.78, 5) is 10.7. The molecule has 0 aromatic carbocycles. The summed E-state index contributed by atoms with van der Waals surface area (Å²) in [7, 11) is 0. The van der Waals surface area contributed by atoms with Crippen LogP contribution in [0.15, 0.2) is 0 Å². The smallest absolute Gasteiger partial charge is 0.306 e. The van der Waals surface area contributed by atoms with Crippen LogP contribution in [0.25, 0.3) is 0 Å². The van der Waals surface area contributed by atoms with Crippen LogP contribution in [0.2, 0.25) is 0 Å². The SMILES string of the molecule is CCCCCCCCC(C)C(C)C(=O)O. The Balaban J connectivity index is 3.38. The molecule has 0 aliphatic heterocycles. The van der Waals surface area contributed by atoms with Crippen LogP contribution < -0.4 is 0 Å². The van der Waals surface area contributed by atoms with Gasteiger partial charge in [0.1, 0.15) is 0 Å². The first-order valence-corrected chi connectivity index (χ1v) is 6.32. The molecule has 0 spiro atoms. The molecule has 90 valence electrons. The van der Waals surface area contributed by atoms with Crippen LogP contribution in [0, 0.1) is 11.8 Å². The van der Waals surface area contributed by atoms with Crippen LogP contribution in [-0.4, -0.2) is 11.1 Å². The Morgan fingerprint density at radius 1 is 1.07 bits per heavy atom. The number of rotatable bonds is 9. The van der Waals surface area contributed by atoms with E-state index in [0.29, 0.717) is 5.92 Å². The van der Waals surface area contributed by atoms with Crippen molar-refractivity contribution < 1.29 is 9.90 Å². The molecule has 2 unspecified atom stereocenters. The molecule has 0 radical (unpaired) electrons. The molecule has 2 nitrogen and oxygen atoms in total. The predicted octanol–water partition coefficient (Wildman–Crippen LogP) is 4.09. The fourth-order valence-electron chi connectivity index (χ4n) is 1.74. The van der Waals surface area contributed by atoms with Crippen molar-refractivity contribution in [2.45, 2.75) is 65.7 Å². The van der Waals surface area contributed by atoms with Crippen molar-refractivity contribution in [1.82, 2.24) is 0 Å². The first-order valence-electron chi connectivity index (χ1n) is 6.32. The molecule has 2 heteroatoms. The Morgan fingerprint density at radius 2 is 1.60 bits per heavy atom. The highest BCUT2D eigenvalue weighted by Gasteiger charge is 2.18. The van der Waals surface area contributed by atoms with Crippen molar-refractivity contribution in [3.8, 4) is 0 Å². The van der Waals surface area contributed by atoms with Crippen molar-refractivity contribution in [1.29, 1.82) is 0 Å². The Kier molecular flexibility index (Phi) is 8.44. The van der Waals surface area contributed by atoms with Gasteiger partial charge in [0.05, 0.1) is 5.92 Å². The molecule has 0 saturated heterocycles. The van der Waals surface area contributed by atoms with Crippen molar-refractivity contribution in [3.63, 3.8) is 0 Å². The molecule has 0 heterocycles. The largest absolute Gasteiger partial charge is 0.481 e. The molecule has 0 aromatic heterocycles. The average Bonchev–Trinajstić information content (AvgIpc) is 2.21. The van der Waals surface area contributed by atoms with E-state index in [1.54, 1.807) is 0 Å². The van der Waals surface area contributed by atoms with Gasteiger partial charge >= 0.3 is 5.97 Å². The molecular formula is C13H26O2. The molecular weight excluding hydrogens is 188 g/mol. The van der Waals surface area contributed by atoms with Crippen molar-refractivity contribution in [2.24, 2.45) is 11.8 Å². The number of hydrogen-bond donors (Lipinski definition) is 1. The minimum atomic E-state index is -0.659. The van der Waals surface area contributed by atoms with E-state index in [2.05, 4.69) is 6.92 Å². The topological polar surface area (TPSA) is 37.3 Å². The van der Waals surface area contributed by atoms with E-state index in [4.69, 9.17) is 5.11 Å². The minimum absolute atomic E-state index is 0.194. The second kappa shape index (κ2) is 8.75. The summed E-state index contributed by atoms with van der Waals surface area (Å²) in [5.41, 5.74) is 0. The molecule has 0 aromatic rings. The molecule has 0 aliphatic rings. The Bertz CT molecular complexity index is 166. The van der Waals surface area contributed by atoms with E-state index in [9.17, 15) is 4.79 Å². The predicted molar refractivity (Wildman–Crippen MR) is 64.0 cm³/mol. The summed E-state index contributed by atoms with van der Waals surface area (Å²) in [5.74, 6) is -0.539. The van der Waals surface area contributed by atoms with Crippen molar-refractivity contribution in [3.05, 3.63) is 0 Å². The third kappa shape index (κ3) is 7.40. The normalized spacial score (nSPS) is 14.9. The third-order valence-electron chi connectivity index (χ3n) is 3.26. The molecule has 0 fully saturated rings. The van der Waals surface area contributed by atoms with Gasteiger partial charge in [-0.3, -0.25) is 4.79 Å². The fourth-order valence-corrected chi connectivity index (χ4v) is 1.74. The number of carbonyl (C=O) groups is 1. The molecule has 1 N–H and O–H groups in total. The highest BCUT2D eigenvalue weighted by atomic mass is 16.4. The van der Waals surface area contributed by atoms with Gasteiger partial charge in [0, 0.05) is 0 Å². The van der Waals surface area contributed by atoms with Gasteiger partial charge in [-0.15, -0.1) is 0 Å². The molecule has 2 atom stereocenters. The van der Waals surface area contributed by atoms with Gasteiger partial charge in [-0.2, -0.15) is 0 Å². The van der Waals surface area contributed by atoms with E-state index in [1.807, 2.05) is 13.8 Å². The quantitative estimate of drug-likeness (QED) is 0.587. The lowest BCUT2D eigenvalue weighted by atomic mass is 9.90. The maximum Gasteiger partial charge on any atom is 0.306 e. The van der Waals surface area contributed by atoms with Gasteiger partial charge in [-0.1, -0.05) is 59.3 Å². The van der Waals surface area contributed by atoms with Gasteiger partial charge in [0.15, 0.2) is 0 Å². The number of carboxylic acids is 1. The van der Waals surface area contributed by atoms with Crippen molar-refractivity contribution in [2.75, 3.05) is 0 Å². The van der Waals surface area contributed by atoms with Gasteiger partial charge in [-0.25, -0.2) is 0 Å². The molecule has 0 rings (SSSR count). The zero-order valence-corrected chi connectivity index (χ0v) is 10.5. The first-order chi connectivity index (χ1) is 7.09. The summed E-state index contributed by atoms with van der Waals surface area (Å²) < 4.78 is 0. The number of aliphatic carboxylic acids is 1. The lowest BCUT2D eigenvalue weighted by Gasteiger charge is -2.15. The second-order valence-electron chi connectivity index (χ2n) is 4.66. The summed E-state index contributed by atoms with van der Waals surface area (Å²) in [6.45, 7) is 6.07. The van der Waals surface area contributed by atoms with Gasteiger partial charge in [0.2, 0.25) is 0 Å². The van der Waals surface area contributed by atoms with Crippen LogP contribution >= 0.6 is 0 Å². The van der Waals surface area contributed by atoms with E-state index in [1.165, 1.54) is 38.5 Å². The molecule has 15 heavy (non-hydrogen) atoms. The molecule has 0 bridgehead atoms. The minimum Gasteiger partial charge on any atom is -0.481 e. The van der Waals surface area contributed by atoms with E-state index in [-0.39, 0.29) is 5.92 Å². The maximum atomic E-state index is 10.7. The van der Waals surface area contributed by atoms with Gasteiger partial charge < -0.3 is 5.11 Å². The van der Waals surface area contributed by atoms with E-state index >= 15 is 0 Å². The Morgan fingerprint density at radius 3 is 2.13 bits per heavy atom. The van der Waals surface area contributed by atoms with Gasteiger partial charge in [-0.05, 0) is 12.3 Å². The second-order valence-corrected chi connectivity index (χ2v) is 4.66. The molecule has 0 amide bonds. The average molecular weight is 214 g/mol. The maximum absolute atomic E-state index is 10.7. The first kappa shape index (κ1) is 14.5. The molecule has 0 saturated carbocycles. The monoisotopic (exact) mass is 214 g/mol. The van der Waals surface area contributed by atoms with Crippen LogP contribution in [0.4, 0.5) is 0 Å². The lowest BCUT2D eigenvalue weighted by molar-refractivity contribution is -0.142. The van der Waals surface area contributed by atoms with E-state index < -0.39 is 5.97 Å². The number of unbranched alkanes of at least 4 members (excludes halogenated alkanes) is 5. The number of carboxylic acid groups (broad SMARTS) is 1. The molecule has 0 aliphatic carbocycles. The number of hydrogen-bond acceptors (Lipinski definition) is 1. The zero-order valence-electron chi connectivity index (χ0n) is 10.5. The Labute approximate surface area is 94.1 Å². The fraction of sp³-hybridized carbons (Fsp3) is 0.923. The van der Waals surface area contributed by atoms with Crippen molar-refractivity contribution >= 4 is 5.97 Å². The lowest BCUT2D eigenvalue weighted by Crippen LogP contribution is -2.17. The summed E-state index contributed by atoms with van der Waals surface area (Å²) in [6.07, 6.45) is 8.76. The van der Waals surface area contributed by atoms with Crippen LogP contribution in [-0.2, 0) is 4.79 Å². The summed E-state index contributed by atoms with van der Waals surface area (Å²) >= 11 is 0. The Hall–Kier alpha value is -0.530. The highest BCUT2D eigenvalue weighted by Crippen LogP contribution is 2.19. The standard InChI is InChI=1S/C13H26O2/c1-4-5-6-7-8-9-10-11(2)12(3)13(14)15/h11-12H,4-10H2,1-3H3,(H,14,15). The van der Waals surface area contributed by atoms with E-state index in [0.717, 1.165) is 6.42 Å². The van der Waals surface area contributed by atoms with Crippen LogP contribution in [0.3, 0.4) is 0 Å². The zero-order chi connectivity index (χ0) is 11.7. The third-order valence-corrected chi connectivity index (χ3v) is 3.26. The van der Waals surface area contributed by atoms with Crippen LogP contribution in [0.5, 0.6) is 0 Å².